The molecule has 1 saturated heterocycles. The summed E-state index contributed by atoms with van der Waals surface area (Å²) in [5.41, 5.74) is 0.734. The number of anilines is 1. The maximum Gasteiger partial charge on any atom is 0.243 e. The fraction of sp³-hybridized carbons (Fsp3) is 0.350. The number of piperazine rings is 1. The number of hydrogen-bond donors (Lipinski definition) is 0. The molecule has 0 atom stereocenters. The van der Waals surface area contributed by atoms with Crippen LogP contribution < -0.4 is 4.90 Å². The Balaban J connectivity index is 1.76. The first-order valence-electron chi connectivity index (χ1n) is 8.98. The summed E-state index contributed by atoms with van der Waals surface area (Å²) in [6.45, 7) is 4.61. The van der Waals surface area contributed by atoms with Crippen LogP contribution in [0.25, 0.3) is 0 Å². The average molecular weight is 405 g/mol. The highest BCUT2D eigenvalue weighted by Gasteiger charge is 2.30. The fourth-order valence-electron chi connectivity index (χ4n) is 3.26. The van der Waals surface area contributed by atoms with Gasteiger partial charge in [-0.15, -0.1) is 0 Å². The van der Waals surface area contributed by atoms with Gasteiger partial charge in [0, 0.05) is 26.2 Å². The molecule has 2 aromatic carbocycles. The second-order valence-corrected chi connectivity index (χ2v) is 8.95. The van der Waals surface area contributed by atoms with E-state index in [1.54, 1.807) is 30.3 Å². The van der Waals surface area contributed by atoms with Crippen LogP contribution in [0.3, 0.4) is 0 Å². The van der Waals surface area contributed by atoms with Crippen LogP contribution in [0, 0.1) is 23.0 Å². The zero-order valence-electron chi connectivity index (χ0n) is 15.7. The molecule has 0 amide bonds. The number of halogens is 2. The minimum absolute atomic E-state index is 0.0928. The average Bonchev–Trinajstić information content (AvgIpc) is 2.67. The number of nitrogens with zero attached hydrogens (tertiary/aromatic N) is 3. The molecule has 1 heterocycles. The van der Waals surface area contributed by atoms with Crippen molar-refractivity contribution < 1.29 is 17.2 Å². The molecule has 0 N–H and O–H groups in total. The van der Waals surface area contributed by atoms with Crippen LogP contribution in [0.15, 0.2) is 41.3 Å². The van der Waals surface area contributed by atoms with Crippen LogP contribution in [0.4, 0.5) is 14.5 Å². The number of hydrogen-bond acceptors (Lipinski definition) is 4. The molecule has 0 spiro atoms. The monoisotopic (exact) mass is 405 g/mol. The van der Waals surface area contributed by atoms with Crippen molar-refractivity contribution in [1.29, 1.82) is 5.26 Å². The third-order valence-corrected chi connectivity index (χ3v) is 6.80. The third-order valence-electron chi connectivity index (χ3n) is 4.89. The number of sulfonamides is 1. The molecular weight excluding hydrogens is 384 g/mol. The molecule has 0 aliphatic carbocycles. The zero-order chi connectivity index (χ0) is 20.5. The zero-order valence-corrected chi connectivity index (χ0v) is 16.5. The summed E-state index contributed by atoms with van der Waals surface area (Å²) in [5, 5.41) is 8.80. The van der Waals surface area contributed by atoms with E-state index in [1.807, 2.05) is 13.8 Å². The molecule has 8 heteroatoms. The highest BCUT2D eigenvalue weighted by Crippen LogP contribution is 2.27. The maximum absolute atomic E-state index is 14.2. The first-order valence-corrected chi connectivity index (χ1v) is 10.4. The van der Waals surface area contributed by atoms with Gasteiger partial charge < -0.3 is 4.90 Å². The lowest BCUT2D eigenvalue weighted by molar-refractivity contribution is 0.381. The Labute approximate surface area is 163 Å². The Morgan fingerprint density at radius 3 is 2.00 bits per heavy atom. The van der Waals surface area contributed by atoms with Crippen molar-refractivity contribution in [2.24, 2.45) is 0 Å². The summed E-state index contributed by atoms with van der Waals surface area (Å²) in [5.74, 6) is -1.34. The molecule has 28 heavy (non-hydrogen) atoms. The van der Waals surface area contributed by atoms with Gasteiger partial charge in [-0.25, -0.2) is 17.2 Å². The van der Waals surface area contributed by atoms with Crippen LogP contribution in [-0.4, -0.2) is 38.9 Å². The Hall–Kier alpha value is -2.50. The second kappa shape index (κ2) is 7.86. The van der Waals surface area contributed by atoms with Crippen LogP contribution in [0.2, 0.25) is 0 Å². The van der Waals surface area contributed by atoms with E-state index in [0.717, 1.165) is 17.7 Å². The standard InChI is InChI=1S/C20H21F2N3O2S/c1-14(2)16-3-5-17(6-4-16)28(26,27)25-9-7-24(8-10-25)20-18(21)11-15(13-23)12-19(20)22/h3-6,11-12,14H,7-10H2,1-2H3. The number of benzene rings is 2. The molecule has 1 aliphatic heterocycles. The number of nitriles is 1. The van der Waals surface area contributed by atoms with Gasteiger partial charge >= 0.3 is 0 Å². The van der Waals surface area contributed by atoms with Gasteiger partial charge in [0.2, 0.25) is 10.0 Å². The van der Waals surface area contributed by atoms with E-state index in [2.05, 4.69) is 0 Å². The molecule has 0 unspecified atom stereocenters. The highest BCUT2D eigenvalue weighted by atomic mass is 32.2. The summed E-state index contributed by atoms with van der Waals surface area (Å²) < 4.78 is 55.5. The predicted octanol–water partition coefficient (Wildman–Crippen LogP) is 3.47. The van der Waals surface area contributed by atoms with Crippen molar-refractivity contribution in [3.8, 4) is 6.07 Å². The smallest absolute Gasteiger partial charge is 0.243 e. The predicted molar refractivity (Wildman–Crippen MR) is 103 cm³/mol. The quantitative estimate of drug-likeness (QED) is 0.781. The highest BCUT2D eigenvalue weighted by molar-refractivity contribution is 7.89. The van der Waals surface area contributed by atoms with Crippen molar-refractivity contribution in [1.82, 2.24) is 4.31 Å². The molecule has 0 saturated carbocycles. The molecule has 148 valence electrons. The normalized spacial score (nSPS) is 15.6. The summed E-state index contributed by atoms with van der Waals surface area (Å²) in [6, 6.07) is 10.5. The second-order valence-electron chi connectivity index (χ2n) is 7.02. The fourth-order valence-corrected chi connectivity index (χ4v) is 4.68. The van der Waals surface area contributed by atoms with Gasteiger partial charge in [0.1, 0.15) is 5.69 Å². The van der Waals surface area contributed by atoms with Gasteiger partial charge in [0.15, 0.2) is 11.6 Å². The topological polar surface area (TPSA) is 64.4 Å². The Morgan fingerprint density at radius 1 is 1.00 bits per heavy atom. The van der Waals surface area contributed by atoms with E-state index >= 15 is 0 Å². The van der Waals surface area contributed by atoms with Crippen LogP contribution in [0.5, 0.6) is 0 Å². The van der Waals surface area contributed by atoms with E-state index in [1.165, 1.54) is 9.21 Å². The van der Waals surface area contributed by atoms with E-state index < -0.39 is 21.7 Å². The molecule has 3 rings (SSSR count). The molecular formula is C20H21F2N3O2S. The molecule has 0 radical (unpaired) electrons. The summed E-state index contributed by atoms with van der Waals surface area (Å²) in [4.78, 5) is 1.68. The minimum Gasteiger partial charge on any atom is -0.364 e. The van der Waals surface area contributed by atoms with Crippen LogP contribution >= 0.6 is 0 Å². The molecule has 0 bridgehead atoms. The van der Waals surface area contributed by atoms with E-state index in [4.69, 9.17) is 5.26 Å². The molecule has 1 aliphatic rings. The third kappa shape index (κ3) is 3.86. The van der Waals surface area contributed by atoms with Gasteiger partial charge in [-0.05, 0) is 35.7 Å². The van der Waals surface area contributed by atoms with Crippen molar-refractivity contribution in [2.75, 3.05) is 31.1 Å². The first-order chi connectivity index (χ1) is 13.2. The lowest BCUT2D eigenvalue weighted by Gasteiger charge is -2.35. The Morgan fingerprint density at radius 2 is 1.54 bits per heavy atom. The number of rotatable bonds is 4. The Bertz CT molecular complexity index is 984. The minimum atomic E-state index is -3.66. The lowest BCUT2D eigenvalue weighted by Crippen LogP contribution is -2.49. The van der Waals surface area contributed by atoms with Crippen molar-refractivity contribution >= 4 is 15.7 Å². The largest absolute Gasteiger partial charge is 0.364 e. The molecule has 5 nitrogen and oxygen atoms in total. The first kappa shape index (κ1) is 20.2. The van der Waals surface area contributed by atoms with Gasteiger partial charge in [-0.3, -0.25) is 0 Å². The maximum atomic E-state index is 14.2. The molecule has 0 aromatic heterocycles. The van der Waals surface area contributed by atoms with Crippen LogP contribution in [0.1, 0.15) is 30.9 Å². The van der Waals surface area contributed by atoms with Crippen molar-refractivity contribution in [2.45, 2.75) is 24.7 Å². The lowest BCUT2D eigenvalue weighted by atomic mass is 10.0. The van der Waals surface area contributed by atoms with Gasteiger partial charge in [-0.1, -0.05) is 26.0 Å². The van der Waals surface area contributed by atoms with Crippen molar-refractivity contribution in [3.05, 3.63) is 59.2 Å². The summed E-state index contributed by atoms with van der Waals surface area (Å²) in [7, 11) is -3.66. The molecule has 1 fully saturated rings. The van der Waals surface area contributed by atoms with Crippen molar-refractivity contribution in [3.63, 3.8) is 0 Å². The SMILES string of the molecule is CC(C)c1ccc(S(=O)(=O)N2CCN(c3c(F)cc(C#N)cc3F)CC2)cc1. The summed E-state index contributed by atoms with van der Waals surface area (Å²) in [6.07, 6.45) is 0. The summed E-state index contributed by atoms with van der Waals surface area (Å²) >= 11 is 0. The van der Waals surface area contributed by atoms with Gasteiger partial charge in [0.05, 0.1) is 16.5 Å². The molecule has 2 aromatic rings. The van der Waals surface area contributed by atoms with Gasteiger partial charge in [-0.2, -0.15) is 9.57 Å². The van der Waals surface area contributed by atoms with E-state index in [-0.39, 0.29) is 42.3 Å². The Kier molecular flexibility index (Phi) is 5.68. The van der Waals surface area contributed by atoms with Gasteiger partial charge in [0.25, 0.3) is 0 Å². The van der Waals surface area contributed by atoms with E-state index in [9.17, 15) is 17.2 Å². The van der Waals surface area contributed by atoms with Crippen LogP contribution in [-0.2, 0) is 10.0 Å². The van der Waals surface area contributed by atoms with E-state index in [0.29, 0.717) is 5.92 Å².